The molecule has 1 fully saturated rings. The van der Waals surface area contributed by atoms with Gasteiger partial charge in [0.05, 0.1) is 37.2 Å². The van der Waals surface area contributed by atoms with Crippen molar-refractivity contribution in [2.45, 2.75) is 44.8 Å². The van der Waals surface area contributed by atoms with E-state index in [9.17, 15) is 14.4 Å². The zero-order chi connectivity index (χ0) is 15.4. The van der Waals surface area contributed by atoms with Gasteiger partial charge in [0.2, 0.25) is 5.91 Å². The first-order chi connectivity index (χ1) is 10.0. The van der Waals surface area contributed by atoms with Crippen molar-refractivity contribution in [2.24, 2.45) is 0 Å². The Kier molecular flexibility index (Phi) is 4.95. The Morgan fingerprint density at radius 2 is 2.10 bits per heavy atom. The largest absolute Gasteiger partial charge is 0.466 e. The average Bonchev–Trinajstić information content (AvgIpc) is 2.84. The molecule has 2 atom stereocenters. The summed E-state index contributed by atoms with van der Waals surface area (Å²) in [5.74, 6) is -1.59. The van der Waals surface area contributed by atoms with E-state index in [1.54, 1.807) is 6.92 Å². The minimum Gasteiger partial charge on any atom is -0.466 e. The fourth-order valence-electron chi connectivity index (χ4n) is 2.61. The van der Waals surface area contributed by atoms with Crippen molar-refractivity contribution in [2.75, 3.05) is 13.7 Å². The van der Waals surface area contributed by atoms with Gasteiger partial charge >= 0.3 is 11.9 Å². The lowest BCUT2D eigenvalue weighted by atomic mass is 10.0. The number of carbonyl (C=O) groups is 3. The molecule has 2 bridgehead atoms. The van der Waals surface area contributed by atoms with Gasteiger partial charge in [0.15, 0.2) is 0 Å². The zero-order valence-electron chi connectivity index (χ0n) is 12.1. The van der Waals surface area contributed by atoms with Gasteiger partial charge in [-0.1, -0.05) is 0 Å². The van der Waals surface area contributed by atoms with Crippen LogP contribution in [0.4, 0.5) is 0 Å². The van der Waals surface area contributed by atoms with Crippen molar-refractivity contribution in [3.63, 3.8) is 0 Å². The van der Waals surface area contributed by atoms with Gasteiger partial charge < -0.3 is 19.5 Å². The summed E-state index contributed by atoms with van der Waals surface area (Å²) in [5.41, 5.74) is 0.846. The number of hydrogen-bond donors (Lipinski definition) is 1. The molecular formula is C14H19NO6. The second-order valence-electron chi connectivity index (χ2n) is 4.94. The fraction of sp³-hybridized carbons (Fsp3) is 0.643. The van der Waals surface area contributed by atoms with E-state index in [0.717, 1.165) is 12.8 Å². The SMILES string of the molecule is CCOC(=O)CC(=O)NC1=C(C(=O)OC)CC2CCC1O2. The van der Waals surface area contributed by atoms with Crippen LogP contribution in [0.25, 0.3) is 0 Å². The molecule has 0 aliphatic carbocycles. The summed E-state index contributed by atoms with van der Waals surface area (Å²) < 4.78 is 15.2. The molecular weight excluding hydrogens is 278 g/mol. The molecule has 116 valence electrons. The second-order valence-corrected chi connectivity index (χ2v) is 4.94. The third-order valence-electron chi connectivity index (χ3n) is 3.50. The number of ether oxygens (including phenoxy) is 3. The van der Waals surface area contributed by atoms with E-state index in [1.807, 2.05) is 0 Å². The van der Waals surface area contributed by atoms with Crippen molar-refractivity contribution in [3.05, 3.63) is 11.3 Å². The number of methoxy groups -OCH3 is 1. The lowest BCUT2D eigenvalue weighted by Crippen LogP contribution is -2.37. The average molecular weight is 297 g/mol. The highest BCUT2D eigenvalue weighted by molar-refractivity contribution is 5.96. The Bertz CT molecular complexity index is 484. The van der Waals surface area contributed by atoms with E-state index in [1.165, 1.54) is 7.11 Å². The van der Waals surface area contributed by atoms with Crippen LogP contribution in [0.2, 0.25) is 0 Å². The minimum atomic E-state index is -0.601. The van der Waals surface area contributed by atoms with E-state index < -0.39 is 17.8 Å². The van der Waals surface area contributed by atoms with E-state index >= 15 is 0 Å². The highest BCUT2D eigenvalue weighted by Gasteiger charge is 2.39. The third kappa shape index (κ3) is 3.60. The molecule has 2 unspecified atom stereocenters. The van der Waals surface area contributed by atoms with Crippen molar-refractivity contribution in [3.8, 4) is 0 Å². The van der Waals surface area contributed by atoms with Gasteiger partial charge in [-0.15, -0.1) is 0 Å². The van der Waals surface area contributed by atoms with Crippen LogP contribution in [-0.4, -0.2) is 43.8 Å². The number of fused-ring (bicyclic) bond motifs is 2. The standard InChI is InChI=1S/C14H19NO6/c1-3-20-12(17)7-11(16)15-13-9(14(18)19-2)6-8-4-5-10(13)21-8/h8,10H,3-7H2,1-2H3,(H,15,16). The van der Waals surface area contributed by atoms with Crippen LogP contribution in [0.15, 0.2) is 11.3 Å². The molecule has 2 aliphatic rings. The molecule has 1 saturated heterocycles. The zero-order valence-corrected chi connectivity index (χ0v) is 12.1. The molecule has 0 aromatic rings. The summed E-state index contributed by atoms with van der Waals surface area (Å²) >= 11 is 0. The van der Waals surface area contributed by atoms with Crippen LogP contribution >= 0.6 is 0 Å². The molecule has 0 aromatic heterocycles. The summed E-state index contributed by atoms with van der Waals surface area (Å²) in [4.78, 5) is 35.0. The molecule has 0 saturated carbocycles. The molecule has 0 aromatic carbocycles. The fourth-order valence-corrected chi connectivity index (χ4v) is 2.61. The van der Waals surface area contributed by atoms with E-state index in [2.05, 4.69) is 5.32 Å². The third-order valence-corrected chi connectivity index (χ3v) is 3.50. The van der Waals surface area contributed by atoms with Gasteiger partial charge in [-0.05, 0) is 19.8 Å². The van der Waals surface area contributed by atoms with E-state index in [-0.39, 0.29) is 25.2 Å². The Morgan fingerprint density at radius 1 is 1.33 bits per heavy atom. The molecule has 0 spiro atoms. The van der Waals surface area contributed by atoms with Crippen molar-refractivity contribution in [1.29, 1.82) is 0 Å². The lowest BCUT2D eigenvalue weighted by Gasteiger charge is -2.26. The van der Waals surface area contributed by atoms with Gasteiger partial charge in [-0.3, -0.25) is 9.59 Å². The van der Waals surface area contributed by atoms with E-state index in [0.29, 0.717) is 17.7 Å². The van der Waals surface area contributed by atoms with Crippen molar-refractivity contribution in [1.82, 2.24) is 5.32 Å². The number of amides is 1. The van der Waals surface area contributed by atoms with Gasteiger partial charge in [-0.25, -0.2) is 4.79 Å². The molecule has 0 radical (unpaired) electrons. The van der Waals surface area contributed by atoms with Gasteiger partial charge in [0.25, 0.3) is 0 Å². The summed E-state index contributed by atoms with van der Waals surface area (Å²) in [5, 5.41) is 2.62. The summed E-state index contributed by atoms with van der Waals surface area (Å²) in [6, 6.07) is 0. The summed E-state index contributed by atoms with van der Waals surface area (Å²) in [7, 11) is 1.30. The van der Waals surface area contributed by atoms with Crippen LogP contribution < -0.4 is 5.32 Å². The van der Waals surface area contributed by atoms with Crippen molar-refractivity contribution < 1.29 is 28.6 Å². The van der Waals surface area contributed by atoms with Gasteiger partial charge in [0, 0.05) is 6.42 Å². The number of carbonyl (C=O) groups excluding carboxylic acids is 3. The predicted molar refractivity (Wildman–Crippen MR) is 70.9 cm³/mol. The summed E-state index contributed by atoms with van der Waals surface area (Å²) in [6.45, 7) is 1.89. The normalized spacial score (nSPS) is 23.7. The molecule has 2 rings (SSSR count). The van der Waals surface area contributed by atoms with Crippen LogP contribution in [0.5, 0.6) is 0 Å². The van der Waals surface area contributed by atoms with Crippen molar-refractivity contribution >= 4 is 17.8 Å². The van der Waals surface area contributed by atoms with Crippen LogP contribution in [-0.2, 0) is 28.6 Å². The van der Waals surface area contributed by atoms with E-state index in [4.69, 9.17) is 14.2 Å². The monoisotopic (exact) mass is 297 g/mol. The first-order valence-electron chi connectivity index (χ1n) is 6.97. The number of rotatable bonds is 5. The Labute approximate surface area is 122 Å². The molecule has 7 heteroatoms. The Morgan fingerprint density at radius 3 is 2.76 bits per heavy atom. The maximum atomic E-state index is 11.9. The highest BCUT2D eigenvalue weighted by atomic mass is 16.5. The molecule has 1 N–H and O–H groups in total. The minimum absolute atomic E-state index is 0.00481. The first kappa shape index (κ1) is 15.5. The number of hydrogen-bond acceptors (Lipinski definition) is 6. The van der Waals surface area contributed by atoms with Crippen LogP contribution in [0, 0.1) is 0 Å². The highest BCUT2D eigenvalue weighted by Crippen LogP contribution is 2.35. The molecule has 21 heavy (non-hydrogen) atoms. The maximum Gasteiger partial charge on any atom is 0.335 e. The van der Waals surface area contributed by atoms with Crippen LogP contribution in [0.1, 0.15) is 32.6 Å². The smallest absolute Gasteiger partial charge is 0.335 e. The number of esters is 2. The summed E-state index contributed by atoms with van der Waals surface area (Å²) in [6.07, 6.45) is 1.28. The molecule has 7 nitrogen and oxygen atoms in total. The topological polar surface area (TPSA) is 90.9 Å². The van der Waals surface area contributed by atoms with Gasteiger partial charge in [-0.2, -0.15) is 0 Å². The quantitative estimate of drug-likeness (QED) is 0.584. The molecule has 1 amide bonds. The van der Waals surface area contributed by atoms with Gasteiger partial charge in [0.1, 0.15) is 6.42 Å². The molecule has 2 aliphatic heterocycles. The lowest BCUT2D eigenvalue weighted by molar-refractivity contribution is -0.145. The maximum absolute atomic E-state index is 11.9. The Balaban J connectivity index is 2.10. The first-order valence-corrected chi connectivity index (χ1v) is 6.97. The van der Waals surface area contributed by atoms with Crippen LogP contribution in [0.3, 0.4) is 0 Å². The Hall–Kier alpha value is -1.89. The second kappa shape index (κ2) is 6.71. The molecule has 2 heterocycles. The number of nitrogens with one attached hydrogen (secondary N) is 1. The predicted octanol–water partition coefficient (Wildman–Crippen LogP) is 0.434.